The van der Waals surface area contributed by atoms with E-state index in [9.17, 15) is 9.59 Å². The second-order valence-corrected chi connectivity index (χ2v) is 6.92. The Balaban J connectivity index is 1.73. The molecule has 0 bridgehead atoms. The number of aryl methyl sites for hydroxylation is 1. The van der Waals surface area contributed by atoms with Crippen molar-refractivity contribution >= 4 is 28.3 Å². The maximum atomic E-state index is 13.0. The molecular formula is C18H21N3O3S. The predicted octanol–water partition coefficient (Wildman–Crippen LogP) is 2.71. The van der Waals surface area contributed by atoms with Crippen molar-refractivity contribution in [1.29, 1.82) is 0 Å². The average Bonchev–Trinajstić information content (AvgIpc) is 3.28. The van der Waals surface area contributed by atoms with Crippen LogP contribution in [-0.4, -0.2) is 47.5 Å². The molecule has 1 atom stereocenters. The SMILES string of the molecule is Cc1ccccc1C(=O)N(CC(=O)Nc1nccs1)C[C@@H]1CCCO1. The molecular weight excluding hydrogens is 338 g/mol. The molecule has 1 aromatic carbocycles. The molecule has 1 aliphatic heterocycles. The zero-order valence-corrected chi connectivity index (χ0v) is 14.9. The molecule has 25 heavy (non-hydrogen) atoms. The molecule has 1 fully saturated rings. The molecule has 1 N–H and O–H groups in total. The van der Waals surface area contributed by atoms with E-state index in [1.807, 2.05) is 25.1 Å². The Kier molecular flexibility index (Phi) is 5.78. The van der Waals surface area contributed by atoms with Crippen LogP contribution in [-0.2, 0) is 9.53 Å². The van der Waals surface area contributed by atoms with Gasteiger partial charge in [-0.3, -0.25) is 9.59 Å². The van der Waals surface area contributed by atoms with Gasteiger partial charge in [-0.15, -0.1) is 11.3 Å². The fourth-order valence-corrected chi connectivity index (χ4v) is 3.40. The number of benzene rings is 1. The Bertz CT molecular complexity index is 727. The van der Waals surface area contributed by atoms with E-state index in [0.717, 1.165) is 18.4 Å². The minimum absolute atomic E-state index is 0.0133. The van der Waals surface area contributed by atoms with Crippen LogP contribution in [0.1, 0.15) is 28.8 Å². The molecule has 2 amide bonds. The zero-order valence-electron chi connectivity index (χ0n) is 14.1. The van der Waals surface area contributed by atoms with Crippen LogP contribution in [0, 0.1) is 6.92 Å². The van der Waals surface area contributed by atoms with Crippen LogP contribution in [0.15, 0.2) is 35.8 Å². The van der Waals surface area contributed by atoms with Crippen molar-refractivity contribution in [2.24, 2.45) is 0 Å². The van der Waals surface area contributed by atoms with Gasteiger partial charge in [0.1, 0.15) is 6.54 Å². The molecule has 0 unspecified atom stereocenters. The number of hydrogen-bond acceptors (Lipinski definition) is 5. The number of anilines is 1. The minimum Gasteiger partial charge on any atom is -0.376 e. The van der Waals surface area contributed by atoms with Crippen LogP contribution < -0.4 is 5.32 Å². The lowest BCUT2D eigenvalue weighted by molar-refractivity contribution is -0.117. The van der Waals surface area contributed by atoms with Gasteiger partial charge in [-0.25, -0.2) is 4.98 Å². The minimum atomic E-state index is -0.255. The van der Waals surface area contributed by atoms with E-state index in [2.05, 4.69) is 10.3 Å². The van der Waals surface area contributed by atoms with Crippen molar-refractivity contribution in [2.45, 2.75) is 25.9 Å². The summed E-state index contributed by atoms with van der Waals surface area (Å²) in [5, 5.41) is 5.05. The molecule has 1 aromatic heterocycles. The van der Waals surface area contributed by atoms with E-state index in [1.165, 1.54) is 11.3 Å². The van der Waals surface area contributed by atoms with Crippen LogP contribution >= 0.6 is 11.3 Å². The van der Waals surface area contributed by atoms with Crippen molar-refractivity contribution in [3.63, 3.8) is 0 Å². The summed E-state index contributed by atoms with van der Waals surface area (Å²) < 4.78 is 5.65. The lowest BCUT2D eigenvalue weighted by Gasteiger charge is -2.25. The number of hydrogen-bond donors (Lipinski definition) is 1. The first-order valence-electron chi connectivity index (χ1n) is 8.29. The molecule has 2 heterocycles. The summed E-state index contributed by atoms with van der Waals surface area (Å²) in [6, 6.07) is 7.41. The summed E-state index contributed by atoms with van der Waals surface area (Å²) >= 11 is 1.35. The standard InChI is InChI=1S/C18H21N3O3S/c1-13-5-2-3-7-15(13)17(23)21(11-14-6-4-9-24-14)12-16(22)20-18-19-8-10-25-18/h2-3,5,7-8,10,14H,4,6,9,11-12H2,1H3,(H,19,20,22)/t14-/m0/s1. The maximum absolute atomic E-state index is 13.0. The van der Waals surface area contributed by atoms with Gasteiger partial charge in [0, 0.05) is 30.3 Å². The molecule has 132 valence electrons. The Labute approximate surface area is 150 Å². The normalized spacial score (nSPS) is 16.6. The molecule has 3 rings (SSSR count). The van der Waals surface area contributed by atoms with Gasteiger partial charge in [-0.1, -0.05) is 18.2 Å². The first kappa shape index (κ1) is 17.6. The van der Waals surface area contributed by atoms with Crippen molar-refractivity contribution in [3.05, 3.63) is 47.0 Å². The number of carbonyl (C=O) groups is 2. The van der Waals surface area contributed by atoms with E-state index < -0.39 is 0 Å². The van der Waals surface area contributed by atoms with Crippen LogP contribution in [0.4, 0.5) is 5.13 Å². The summed E-state index contributed by atoms with van der Waals surface area (Å²) in [6.07, 6.45) is 3.51. The van der Waals surface area contributed by atoms with Gasteiger partial charge in [-0.05, 0) is 31.4 Å². The number of rotatable bonds is 6. The molecule has 7 heteroatoms. The Hall–Kier alpha value is -2.25. The first-order chi connectivity index (χ1) is 12.1. The van der Waals surface area contributed by atoms with Crippen LogP contribution in [0.5, 0.6) is 0 Å². The summed E-state index contributed by atoms with van der Waals surface area (Å²) in [7, 11) is 0. The molecule has 0 radical (unpaired) electrons. The molecule has 0 aliphatic carbocycles. The fourth-order valence-electron chi connectivity index (χ4n) is 2.85. The van der Waals surface area contributed by atoms with E-state index in [-0.39, 0.29) is 24.5 Å². The van der Waals surface area contributed by atoms with Crippen molar-refractivity contribution in [1.82, 2.24) is 9.88 Å². The van der Waals surface area contributed by atoms with Crippen molar-refractivity contribution < 1.29 is 14.3 Å². The molecule has 0 saturated carbocycles. The molecule has 1 aliphatic rings. The van der Waals surface area contributed by atoms with Gasteiger partial charge in [0.15, 0.2) is 5.13 Å². The average molecular weight is 359 g/mol. The van der Waals surface area contributed by atoms with E-state index >= 15 is 0 Å². The summed E-state index contributed by atoms with van der Waals surface area (Å²) in [5.74, 6) is -0.405. The summed E-state index contributed by atoms with van der Waals surface area (Å²) in [5.41, 5.74) is 1.51. The van der Waals surface area contributed by atoms with Gasteiger partial charge >= 0.3 is 0 Å². The van der Waals surface area contributed by atoms with Crippen LogP contribution in [0.2, 0.25) is 0 Å². The highest BCUT2D eigenvalue weighted by Crippen LogP contribution is 2.17. The largest absolute Gasteiger partial charge is 0.376 e. The van der Waals surface area contributed by atoms with E-state index in [0.29, 0.717) is 23.8 Å². The quantitative estimate of drug-likeness (QED) is 0.861. The van der Waals surface area contributed by atoms with E-state index in [4.69, 9.17) is 4.74 Å². The predicted molar refractivity (Wildman–Crippen MR) is 96.8 cm³/mol. The third-order valence-corrected chi connectivity index (χ3v) is 4.81. The topological polar surface area (TPSA) is 71.5 Å². The highest BCUT2D eigenvalue weighted by atomic mass is 32.1. The molecule has 2 aromatic rings. The van der Waals surface area contributed by atoms with Gasteiger partial charge in [-0.2, -0.15) is 0 Å². The number of carbonyl (C=O) groups excluding carboxylic acids is 2. The second kappa shape index (κ2) is 8.22. The number of thiazole rings is 1. The highest BCUT2D eigenvalue weighted by Gasteiger charge is 2.26. The third-order valence-electron chi connectivity index (χ3n) is 4.12. The smallest absolute Gasteiger partial charge is 0.254 e. The molecule has 0 spiro atoms. The summed E-state index contributed by atoms with van der Waals surface area (Å²) in [4.78, 5) is 30.9. The number of nitrogens with one attached hydrogen (secondary N) is 1. The number of aromatic nitrogens is 1. The fraction of sp³-hybridized carbons (Fsp3) is 0.389. The van der Waals surface area contributed by atoms with Gasteiger partial charge in [0.25, 0.3) is 5.91 Å². The van der Waals surface area contributed by atoms with E-state index in [1.54, 1.807) is 22.5 Å². The highest BCUT2D eigenvalue weighted by molar-refractivity contribution is 7.13. The first-order valence-corrected chi connectivity index (χ1v) is 9.17. The third kappa shape index (κ3) is 4.64. The molecule has 1 saturated heterocycles. The summed E-state index contributed by atoms with van der Waals surface area (Å²) in [6.45, 7) is 3.00. The van der Waals surface area contributed by atoms with Crippen LogP contribution in [0.25, 0.3) is 0 Å². The monoisotopic (exact) mass is 359 g/mol. The number of amides is 2. The second-order valence-electron chi connectivity index (χ2n) is 6.02. The van der Waals surface area contributed by atoms with Gasteiger partial charge in [0.2, 0.25) is 5.91 Å². The van der Waals surface area contributed by atoms with Crippen LogP contribution in [0.3, 0.4) is 0 Å². The lowest BCUT2D eigenvalue weighted by atomic mass is 10.1. The Morgan fingerprint density at radius 2 is 2.24 bits per heavy atom. The zero-order chi connectivity index (χ0) is 17.6. The maximum Gasteiger partial charge on any atom is 0.254 e. The van der Waals surface area contributed by atoms with Gasteiger partial charge < -0.3 is 15.0 Å². The lowest BCUT2D eigenvalue weighted by Crippen LogP contribution is -2.42. The van der Waals surface area contributed by atoms with Gasteiger partial charge in [0.05, 0.1) is 6.10 Å². The Morgan fingerprint density at radius 1 is 1.40 bits per heavy atom. The number of nitrogens with zero attached hydrogens (tertiary/aromatic N) is 2. The number of ether oxygens (including phenoxy) is 1. The Morgan fingerprint density at radius 3 is 2.92 bits per heavy atom. The van der Waals surface area contributed by atoms with Crippen molar-refractivity contribution in [2.75, 3.05) is 25.0 Å². The van der Waals surface area contributed by atoms with Crippen molar-refractivity contribution in [3.8, 4) is 0 Å². The molecule has 6 nitrogen and oxygen atoms in total.